The number of carbonyl (C=O) groups excluding carboxylic acids is 5. The van der Waals surface area contributed by atoms with Gasteiger partial charge >= 0.3 is 0 Å². The number of nitrogens with zero attached hydrogens (tertiary/aromatic N) is 6. The SMILES string of the molecule is CN1C[C@H](Nc2cnn(C)c(=O)c2Br)C[C@H](c2ccc(C(=O)N3CCN(Cc4ccc(Oc5cccc6c5C(=O)N(C5CCC(=O)NC5=O)C6=O)cc4)CC3)cc2)C1. The molecule has 2 N–H and O–H groups in total. The van der Waals surface area contributed by atoms with Gasteiger partial charge in [-0.15, -0.1) is 0 Å². The molecule has 16 heteroatoms. The normalized spacial score (nSPS) is 21.5. The van der Waals surface area contributed by atoms with E-state index in [2.05, 4.69) is 60.6 Å². The number of amides is 5. The second-order valence-corrected chi connectivity index (χ2v) is 16.2. The summed E-state index contributed by atoms with van der Waals surface area (Å²) in [5.41, 5.74) is 3.63. The molecule has 1 aromatic heterocycles. The third-order valence-electron chi connectivity index (χ3n) is 11.3. The van der Waals surface area contributed by atoms with Crippen LogP contribution in [-0.4, -0.2) is 117 Å². The Morgan fingerprint density at radius 2 is 1.66 bits per heavy atom. The summed E-state index contributed by atoms with van der Waals surface area (Å²) in [5.74, 6) is -1.34. The molecule has 4 aliphatic heterocycles. The molecule has 5 amide bonds. The van der Waals surface area contributed by atoms with E-state index in [1.54, 1.807) is 25.4 Å². The lowest BCUT2D eigenvalue weighted by molar-refractivity contribution is -0.136. The lowest BCUT2D eigenvalue weighted by Crippen LogP contribution is -2.54. The lowest BCUT2D eigenvalue weighted by Gasteiger charge is -2.37. The Balaban J connectivity index is 0.830. The molecule has 1 unspecified atom stereocenters. The van der Waals surface area contributed by atoms with Crippen LogP contribution < -0.4 is 20.9 Å². The Morgan fingerprint density at radius 1 is 0.914 bits per heavy atom. The molecule has 0 aliphatic carbocycles. The molecule has 5 heterocycles. The van der Waals surface area contributed by atoms with E-state index in [0.29, 0.717) is 41.1 Å². The Hall–Kier alpha value is -5.71. The number of ether oxygens (including phenoxy) is 1. The van der Waals surface area contributed by atoms with Crippen molar-refractivity contribution in [1.29, 1.82) is 0 Å². The zero-order valence-electron chi connectivity index (χ0n) is 32.2. The van der Waals surface area contributed by atoms with Crippen molar-refractivity contribution < 1.29 is 28.7 Å². The van der Waals surface area contributed by atoms with E-state index >= 15 is 0 Å². The molecule has 3 aromatic carbocycles. The van der Waals surface area contributed by atoms with Crippen molar-refractivity contribution in [1.82, 2.24) is 34.7 Å². The van der Waals surface area contributed by atoms with Crippen molar-refractivity contribution in [2.45, 2.75) is 43.8 Å². The average Bonchev–Trinajstić information content (AvgIpc) is 3.47. The van der Waals surface area contributed by atoms with E-state index in [1.807, 2.05) is 41.3 Å². The predicted molar refractivity (Wildman–Crippen MR) is 217 cm³/mol. The Morgan fingerprint density at radius 3 is 2.38 bits per heavy atom. The average molecular weight is 852 g/mol. The molecule has 3 saturated heterocycles. The highest BCUT2D eigenvalue weighted by Gasteiger charge is 2.46. The van der Waals surface area contributed by atoms with E-state index < -0.39 is 29.7 Å². The predicted octanol–water partition coefficient (Wildman–Crippen LogP) is 3.59. The van der Waals surface area contributed by atoms with Gasteiger partial charge in [0.15, 0.2) is 0 Å². The van der Waals surface area contributed by atoms with Crippen LogP contribution in [0.5, 0.6) is 11.5 Å². The van der Waals surface area contributed by atoms with Crippen molar-refractivity contribution in [2.24, 2.45) is 7.05 Å². The number of aromatic nitrogens is 2. The van der Waals surface area contributed by atoms with Gasteiger partial charge in [-0.2, -0.15) is 5.10 Å². The maximum Gasteiger partial charge on any atom is 0.282 e. The molecule has 0 saturated carbocycles. The highest BCUT2D eigenvalue weighted by atomic mass is 79.9. The fourth-order valence-electron chi connectivity index (χ4n) is 8.30. The molecular weight excluding hydrogens is 808 g/mol. The van der Waals surface area contributed by atoms with Crippen LogP contribution in [0.1, 0.15) is 67.4 Å². The number of halogens is 1. The Kier molecular flexibility index (Phi) is 11.0. The van der Waals surface area contributed by atoms with Crippen molar-refractivity contribution in [2.75, 3.05) is 51.6 Å². The molecular formula is C42H43BrN8O7. The van der Waals surface area contributed by atoms with Crippen molar-refractivity contribution in [3.63, 3.8) is 0 Å². The summed E-state index contributed by atoms with van der Waals surface area (Å²) in [6, 6.07) is 19.3. The number of hydrogen-bond acceptors (Lipinski definition) is 11. The number of aryl methyl sites for hydroxylation is 1. The molecule has 0 bridgehead atoms. The van der Waals surface area contributed by atoms with Gasteiger partial charge in [0.05, 0.1) is 23.0 Å². The summed E-state index contributed by atoms with van der Waals surface area (Å²) in [6.45, 7) is 5.07. The number of piperazine rings is 1. The zero-order valence-corrected chi connectivity index (χ0v) is 33.7. The number of nitrogens with one attached hydrogen (secondary N) is 2. The number of fused-ring (bicyclic) bond motifs is 1. The van der Waals surface area contributed by atoms with Crippen molar-refractivity contribution in [3.8, 4) is 11.5 Å². The third-order valence-corrected chi connectivity index (χ3v) is 12.1. The minimum Gasteiger partial charge on any atom is -0.457 e. The molecule has 8 rings (SSSR count). The van der Waals surface area contributed by atoms with Crippen molar-refractivity contribution >= 4 is 51.2 Å². The number of imide groups is 2. The fourth-order valence-corrected chi connectivity index (χ4v) is 8.78. The van der Waals surface area contributed by atoms with Gasteiger partial charge < -0.3 is 19.9 Å². The van der Waals surface area contributed by atoms with Gasteiger partial charge in [-0.25, -0.2) is 4.68 Å². The number of rotatable bonds is 9. The van der Waals surface area contributed by atoms with Crippen molar-refractivity contribution in [3.05, 3.63) is 116 Å². The number of anilines is 1. The highest BCUT2D eigenvalue weighted by Crippen LogP contribution is 2.36. The first-order valence-corrected chi connectivity index (χ1v) is 20.1. The minimum atomic E-state index is -1.06. The summed E-state index contributed by atoms with van der Waals surface area (Å²) in [6.07, 6.45) is 2.66. The van der Waals surface area contributed by atoms with Crippen LogP contribution in [0.15, 0.2) is 82.2 Å². The van der Waals surface area contributed by atoms with Gasteiger partial charge in [-0.05, 0) is 89.3 Å². The molecule has 0 spiro atoms. The molecule has 4 aliphatic rings. The number of likely N-dealkylation sites (tertiary alicyclic amines) is 1. The second kappa shape index (κ2) is 16.3. The Bertz CT molecular complexity index is 2340. The highest BCUT2D eigenvalue weighted by molar-refractivity contribution is 9.10. The molecule has 3 atom stereocenters. The van der Waals surface area contributed by atoms with Crippen LogP contribution in [0.3, 0.4) is 0 Å². The van der Waals surface area contributed by atoms with Crippen LogP contribution in [0.25, 0.3) is 0 Å². The van der Waals surface area contributed by atoms with Gasteiger partial charge in [-0.1, -0.05) is 30.3 Å². The van der Waals surface area contributed by atoms with Gasteiger partial charge in [-0.3, -0.25) is 43.9 Å². The van der Waals surface area contributed by atoms with Crippen LogP contribution in [-0.2, 0) is 23.2 Å². The second-order valence-electron chi connectivity index (χ2n) is 15.4. The maximum atomic E-state index is 13.5. The fraction of sp³-hybridized carbons (Fsp3) is 0.357. The van der Waals surface area contributed by atoms with E-state index in [0.717, 1.165) is 43.1 Å². The monoisotopic (exact) mass is 850 g/mol. The summed E-state index contributed by atoms with van der Waals surface area (Å²) in [5, 5.41) is 9.87. The summed E-state index contributed by atoms with van der Waals surface area (Å²) < 4.78 is 7.87. The first-order chi connectivity index (χ1) is 27.9. The molecule has 15 nitrogen and oxygen atoms in total. The molecule has 3 fully saturated rings. The van der Waals surface area contributed by atoms with Gasteiger partial charge in [0, 0.05) is 70.9 Å². The first kappa shape index (κ1) is 39.1. The molecule has 4 aromatic rings. The van der Waals surface area contributed by atoms with E-state index in [9.17, 15) is 28.8 Å². The minimum absolute atomic E-state index is 0.0174. The van der Waals surface area contributed by atoms with E-state index in [4.69, 9.17) is 4.74 Å². The van der Waals surface area contributed by atoms with Crippen LogP contribution in [0.4, 0.5) is 5.69 Å². The number of piperidine rings is 2. The van der Waals surface area contributed by atoms with Crippen LogP contribution >= 0.6 is 15.9 Å². The largest absolute Gasteiger partial charge is 0.457 e. The summed E-state index contributed by atoms with van der Waals surface area (Å²) in [7, 11) is 3.71. The van der Waals surface area contributed by atoms with Gasteiger partial charge in [0.1, 0.15) is 22.0 Å². The molecule has 0 radical (unpaired) electrons. The van der Waals surface area contributed by atoms with Gasteiger partial charge in [0.25, 0.3) is 23.3 Å². The number of likely N-dealkylation sites (N-methyl/N-ethyl adjacent to an activating group) is 1. The zero-order chi connectivity index (χ0) is 40.7. The molecule has 58 heavy (non-hydrogen) atoms. The standard InChI is InChI=1S/C42H43BrN8O7/c1-47-23-28(20-29(24-47)45-32-21-44-48(2)42(57)37(32)43)26-8-10-27(11-9-26)39(54)50-18-16-49(17-19-50)22-25-6-12-30(13-7-25)58-34-5-3-4-31-36(34)41(56)51(40(31)55)33-14-15-35(52)46-38(33)53/h3-13,21,28-29,33,45H,14-20,22-24H2,1-2H3,(H,46,52,53)/t28-,29+,33?/m0/s1. The quantitative estimate of drug-likeness (QED) is 0.237. The maximum absolute atomic E-state index is 13.5. The number of benzene rings is 3. The first-order valence-electron chi connectivity index (χ1n) is 19.3. The van der Waals surface area contributed by atoms with E-state index in [-0.39, 0.29) is 53.1 Å². The van der Waals surface area contributed by atoms with E-state index in [1.165, 1.54) is 16.3 Å². The van der Waals surface area contributed by atoms with Crippen LogP contribution in [0, 0.1) is 0 Å². The topological polar surface area (TPSA) is 166 Å². The Labute approximate surface area is 343 Å². The lowest BCUT2D eigenvalue weighted by atomic mass is 9.87. The summed E-state index contributed by atoms with van der Waals surface area (Å²) in [4.78, 5) is 84.0. The molecule has 300 valence electrons. The number of carbonyl (C=O) groups is 5. The number of hydrogen-bond donors (Lipinski definition) is 2. The smallest absolute Gasteiger partial charge is 0.282 e. The third kappa shape index (κ3) is 7.91. The summed E-state index contributed by atoms with van der Waals surface area (Å²) >= 11 is 3.42. The van der Waals surface area contributed by atoms with Gasteiger partial charge in [0.2, 0.25) is 11.8 Å². The van der Waals surface area contributed by atoms with Crippen LogP contribution in [0.2, 0.25) is 0 Å².